The second kappa shape index (κ2) is 5.28. The predicted molar refractivity (Wildman–Crippen MR) is 68.6 cm³/mol. The number of benzene rings is 1. The van der Waals surface area contributed by atoms with Crippen LogP contribution >= 0.6 is 23.2 Å². The average molecular weight is 273 g/mol. The van der Waals surface area contributed by atoms with Gasteiger partial charge in [0.1, 0.15) is 0 Å². The second-order valence-electron chi connectivity index (χ2n) is 4.65. The maximum Gasteiger partial charge on any atom is 0.303 e. The van der Waals surface area contributed by atoms with E-state index in [4.69, 9.17) is 28.3 Å². The number of carbonyl (C=O) groups is 1. The van der Waals surface area contributed by atoms with Crippen molar-refractivity contribution < 1.29 is 9.90 Å². The first-order valence-corrected chi connectivity index (χ1v) is 6.47. The van der Waals surface area contributed by atoms with Gasteiger partial charge in [0.15, 0.2) is 0 Å². The number of halogens is 2. The van der Waals surface area contributed by atoms with E-state index in [0.29, 0.717) is 16.0 Å². The lowest BCUT2D eigenvalue weighted by molar-refractivity contribution is -0.138. The van der Waals surface area contributed by atoms with E-state index in [0.717, 1.165) is 24.8 Å². The van der Waals surface area contributed by atoms with Gasteiger partial charge in [0, 0.05) is 6.42 Å². The summed E-state index contributed by atoms with van der Waals surface area (Å²) in [4.78, 5) is 10.8. The quantitative estimate of drug-likeness (QED) is 0.879. The molecule has 0 spiro atoms. The minimum absolute atomic E-state index is 0.227. The lowest BCUT2D eigenvalue weighted by Crippen LogP contribution is -2.12. The molecule has 1 aliphatic rings. The van der Waals surface area contributed by atoms with Crippen LogP contribution in [0.25, 0.3) is 0 Å². The monoisotopic (exact) mass is 272 g/mol. The third-order valence-electron chi connectivity index (χ3n) is 3.21. The van der Waals surface area contributed by atoms with Crippen LogP contribution in [0.3, 0.4) is 0 Å². The highest BCUT2D eigenvalue weighted by molar-refractivity contribution is 6.42. The van der Waals surface area contributed by atoms with Crippen molar-refractivity contribution in [1.82, 2.24) is 0 Å². The molecule has 2 nitrogen and oxygen atoms in total. The van der Waals surface area contributed by atoms with Gasteiger partial charge in [-0.3, -0.25) is 4.79 Å². The summed E-state index contributed by atoms with van der Waals surface area (Å²) < 4.78 is 0. The number of hydrogen-bond acceptors (Lipinski definition) is 1. The van der Waals surface area contributed by atoms with Gasteiger partial charge in [-0.25, -0.2) is 0 Å². The van der Waals surface area contributed by atoms with E-state index in [2.05, 4.69) is 0 Å². The minimum atomic E-state index is -0.720. The molecule has 1 aliphatic carbocycles. The highest BCUT2D eigenvalue weighted by atomic mass is 35.5. The van der Waals surface area contributed by atoms with Gasteiger partial charge in [-0.2, -0.15) is 0 Å². The van der Waals surface area contributed by atoms with Gasteiger partial charge >= 0.3 is 5.97 Å². The Balaban J connectivity index is 2.06. The summed E-state index contributed by atoms with van der Waals surface area (Å²) in [7, 11) is 0. The van der Waals surface area contributed by atoms with Gasteiger partial charge < -0.3 is 5.11 Å². The summed E-state index contributed by atoms with van der Waals surface area (Å²) in [6, 6.07) is 5.52. The Morgan fingerprint density at radius 1 is 1.35 bits per heavy atom. The normalized spacial score (nSPS) is 16.8. The highest BCUT2D eigenvalue weighted by Gasteiger charge is 2.32. The molecule has 0 bridgehead atoms. The molecule has 4 heteroatoms. The SMILES string of the molecule is O=C(O)CC(Cc1ccc(Cl)c(Cl)c1)C1CC1. The van der Waals surface area contributed by atoms with Crippen molar-refractivity contribution in [3.63, 3.8) is 0 Å². The van der Waals surface area contributed by atoms with Crippen molar-refractivity contribution in [2.45, 2.75) is 25.7 Å². The van der Waals surface area contributed by atoms with Gasteiger partial charge in [-0.15, -0.1) is 0 Å². The first kappa shape index (κ1) is 12.7. The molecule has 1 aromatic rings. The Labute approximate surface area is 111 Å². The van der Waals surface area contributed by atoms with E-state index in [1.807, 2.05) is 12.1 Å². The molecule has 2 rings (SSSR count). The van der Waals surface area contributed by atoms with Gasteiger partial charge in [0.25, 0.3) is 0 Å². The Morgan fingerprint density at radius 3 is 2.59 bits per heavy atom. The predicted octanol–water partition coefficient (Wildman–Crippen LogP) is 4.04. The van der Waals surface area contributed by atoms with Crippen LogP contribution in [0.2, 0.25) is 10.0 Å². The van der Waals surface area contributed by atoms with E-state index >= 15 is 0 Å². The lowest BCUT2D eigenvalue weighted by atomic mass is 9.92. The molecule has 1 N–H and O–H groups in total. The molecule has 1 fully saturated rings. The summed E-state index contributed by atoms with van der Waals surface area (Å²) in [5.74, 6) is 0.0762. The molecule has 0 saturated heterocycles. The van der Waals surface area contributed by atoms with E-state index in [9.17, 15) is 4.79 Å². The number of rotatable bonds is 5. The fourth-order valence-corrected chi connectivity index (χ4v) is 2.49. The molecule has 0 radical (unpaired) electrons. The molecule has 0 amide bonds. The molecule has 1 atom stereocenters. The number of carboxylic acids is 1. The Morgan fingerprint density at radius 2 is 2.06 bits per heavy atom. The number of aliphatic carboxylic acids is 1. The third-order valence-corrected chi connectivity index (χ3v) is 3.95. The Hall–Kier alpha value is -0.730. The Bertz CT molecular complexity index is 427. The Kier molecular flexibility index (Phi) is 3.95. The second-order valence-corrected chi connectivity index (χ2v) is 5.46. The van der Waals surface area contributed by atoms with Crippen molar-refractivity contribution in [1.29, 1.82) is 0 Å². The van der Waals surface area contributed by atoms with E-state index in [-0.39, 0.29) is 12.3 Å². The number of carboxylic acid groups (broad SMARTS) is 1. The molecular formula is C13H14Cl2O2. The van der Waals surface area contributed by atoms with E-state index in [1.165, 1.54) is 0 Å². The van der Waals surface area contributed by atoms with Crippen LogP contribution < -0.4 is 0 Å². The minimum Gasteiger partial charge on any atom is -0.481 e. The number of hydrogen-bond donors (Lipinski definition) is 1. The molecule has 1 saturated carbocycles. The average Bonchev–Trinajstić information content (AvgIpc) is 3.05. The van der Waals surface area contributed by atoms with Gasteiger partial charge in [0.2, 0.25) is 0 Å². The van der Waals surface area contributed by atoms with Crippen LogP contribution in [-0.4, -0.2) is 11.1 Å². The summed E-state index contributed by atoms with van der Waals surface area (Å²) in [6.07, 6.45) is 3.32. The molecule has 17 heavy (non-hydrogen) atoms. The highest BCUT2D eigenvalue weighted by Crippen LogP contribution is 2.40. The van der Waals surface area contributed by atoms with Crippen molar-refractivity contribution in [2.75, 3.05) is 0 Å². The van der Waals surface area contributed by atoms with Crippen molar-refractivity contribution in [3.8, 4) is 0 Å². The first-order chi connectivity index (χ1) is 8.06. The summed E-state index contributed by atoms with van der Waals surface area (Å²) >= 11 is 11.8. The lowest BCUT2D eigenvalue weighted by Gasteiger charge is -2.14. The zero-order chi connectivity index (χ0) is 12.4. The topological polar surface area (TPSA) is 37.3 Å². The summed E-state index contributed by atoms with van der Waals surface area (Å²) in [5.41, 5.74) is 1.07. The fourth-order valence-electron chi connectivity index (χ4n) is 2.17. The zero-order valence-electron chi connectivity index (χ0n) is 9.33. The largest absolute Gasteiger partial charge is 0.481 e. The maximum absolute atomic E-state index is 10.8. The van der Waals surface area contributed by atoms with Crippen LogP contribution in [0.5, 0.6) is 0 Å². The van der Waals surface area contributed by atoms with Gasteiger partial charge in [0.05, 0.1) is 10.0 Å². The van der Waals surface area contributed by atoms with Crippen LogP contribution in [0.1, 0.15) is 24.8 Å². The fraction of sp³-hybridized carbons (Fsp3) is 0.462. The van der Waals surface area contributed by atoms with E-state index in [1.54, 1.807) is 6.07 Å². The third kappa shape index (κ3) is 3.62. The van der Waals surface area contributed by atoms with Crippen LogP contribution in [0.4, 0.5) is 0 Å². The van der Waals surface area contributed by atoms with Crippen molar-refractivity contribution >= 4 is 29.2 Å². The van der Waals surface area contributed by atoms with Crippen molar-refractivity contribution in [3.05, 3.63) is 33.8 Å². The van der Waals surface area contributed by atoms with Gasteiger partial charge in [-0.05, 0) is 48.8 Å². The van der Waals surface area contributed by atoms with Crippen LogP contribution in [0.15, 0.2) is 18.2 Å². The molecule has 0 aliphatic heterocycles. The maximum atomic E-state index is 10.8. The molecule has 0 heterocycles. The standard InChI is InChI=1S/C13H14Cl2O2/c14-11-4-1-8(6-12(11)15)5-10(7-13(16)17)9-2-3-9/h1,4,6,9-10H,2-3,5,7H2,(H,16,17). The molecule has 1 unspecified atom stereocenters. The smallest absolute Gasteiger partial charge is 0.303 e. The first-order valence-electron chi connectivity index (χ1n) is 5.72. The van der Waals surface area contributed by atoms with E-state index < -0.39 is 5.97 Å². The van der Waals surface area contributed by atoms with Crippen LogP contribution in [0, 0.1) is 11.8 Å². The zero-order valence-corrected chi connectivity index (χ0v) is 10.8. The molecule has 0 aromatic heterocycles. The van der Waals surface area contributed by atoms with Gasteiger partial charge in [-0.1, -0.05) is 29.3 Å². The summed E-state index contributed by atoms with van der Waals surface area (Å²) in [6.45, 7) is 0. The van der Waals surface area contributed by atoms with Crippen molar-refractivity contribution in [2.24, 2.45) is 11.8 Å². The molecule has 1 aromatic carbocycles. The molecule has 92 valence electrons. The molecular weight excluding hydrogens is 259 g/mol. The van der Waals surface area contributed by atoms with Crippen LogP contribution in [-0.2, 0) is 11.2 Å². The summed E-state index contributed by atoms with van der Waals surface area (Å²) in [5, 5.41) is 9.96.